The summed E-state index contributed by atoms with van der Waals surface area (Å²) in [7, 11) is 0. The Hall–Kier alpha value is -0.970. The van der Waals surface area contributed by atoms with E-state index in [1.54, 1.807) is 0 Å². The van der Waals surface area contributed by atoms with Crippen molar-refractivity contribution in [2.75, 3.05) is 13.3 Å². The highest BCUT2D eigenvalue weighted by molar-refractivity contribution is 5.85. The number of nitrogens with two attached hydrogens (primary N) is 2. The lowest BCUT2D eigenvalue weighted by Gasteiger charge is -2.08. The minimum atomic E-state index is -0.130. The number of fused-ring (bicyclic) bond motifs is 1. The van der Waals surface area contributed by atoms with Gasteiger partial charge in [0, 0.05) is 12.6 Å². The predicted octanol–water partition coefficient (Wildman–Crippen LogP) is 0.796. The van der Waals surface area contributed by atoms with Crippen LogP contribution in [0.5, 0.6) is 11.5 Å². The van der Waals surface area contributed by atoms with Crippen molar-refractivity contribution in [3.8, 4) is 11.5 Å². The fourth-order valence-electron chi connectivity index (χ4n) is 1.28. The lowest BCUT2D eigenvalue weighted by atomic mass is 10.1. The van der Waals surface area contributed by atoms with Crippen LogP contribution in [0.3, 0.4) is 0 Å². The van der Waals surface area contributed by atoms with Gasteiger partial charge in [-0.2, -0.15) is 0 Å². The first-order valence-corrected chi connectivity index (χ1v) is 4.16. The van der Waals surface area contributed by atoms with Crippen LogP contribution in [0, 0.1) is 0 Å². The van der Waals surface area contributed by atoms with Crippen LogP contribution in [0.25, 0.3) is 0 Å². The summed E-state index contributed by atoms with van der Waals surface area (Å²) in [6.45, 7) is 0.719. The molecule has 0 unspecified atom stereocenters. The Morgan fingerprint density at radius 2 is 2.00 bits per heavy atom. The largest absolute Gasteiger partial charge is 0.454 e. The van der Waals surface area contributed by atoms with Gasteiger partial charge < -0.3 is 20.9 Å². The average Bonchev–Trinajstić information content (AvgIpc) is 2.63. The second-order valence-corrected chi connectivity index (χ2v) is 2.95. The van der Waals surface area contributed by atoms with Crippen molar-refractivity contribution in [2.45, 2.75) is 6.04 Å². The third-order valence-electron chi connectivity index (χ3n) is 2.08. The molecule has 0 amide bonds. The number of hydrogen-bond donors (Lipinski definition) is 2. The maximum Gasteiger partial charge on any atom is 0.231 e. The summed E-state index contributed by atoms with van der Waals surface area (Å²) in [5.74, 6) is 1.52. The van der Waals surface area contributed by atoms with Gasteiger partial charge in [-0.3, -0.25) is 0 Å². The van der Waals surface area contributed by atoms with Crippen molar-refractivity contribution in [1.82, 2.24) is 0 Å². The van der Waals surface area contributed by atoms with E-state index < -0.39 is 0 Å². The molecule has 1 aliphatic rings. The molecule has 0 aliphatic carbocycles. The molecular formula is C9H13ClN2O2. The topological polar surface area (TPSA) is 70.5 Å². The van der Waals surface area contributed by atoms with E-state index >= 15 is 0 Å². The van der Waals surface area contributed by atoms with E-state index in [2.05, 4.69) is 0 Å². The Balaban J connectivity index is 0.000000980. The van der Waals surface area contributed by atoms with Gasteiger partial charge in [0.2, 0.25) is 6.79 Å². The average molecular weight is 217 g/mol. The molecule has 4 N–H and O–H groups in total. The molecule has 0 fully saturated rings. The summed E-state index contributed by atoms with van der Waals surface area (Å²) >= 11 is 0. The van der Waals surface area contributed by atoms with Crippen LogP contribution in [0.2, 0.25) is 0 Å². The van der Waals surface area contributed by atoms with Gasteiger partial charge in [-0.15, -0.1) is 12.4 Å². The third-order valence-corrected chi connectivity index (χ3v) is 2.08. The van der Waals surface area contributed by atoms with Gasteiger partial charge in [0.25, 0.3) is 0 Å². The van der Waals surface area contributed by atoms with E-state index in [1.807, 2.05) is 18.2 Å². The minimum absolute atomic E-state index is 0. The van der Waals surface area contributed by atoms with Crippen LogP contribution in [0.1, 0.15) is 11.6 Å². The number of benzene rings is 1. The van der Waals surface area contributed by atoms with Crippen molar-refractivity contribution in [2.24, 2.45) is 11.5 Å². The summed E-state index contributed by atoms with van der Waals surface area (Å²) in [4.78, 5) is 0. The highest BCUT2D eigenvalue weighted by atomic mass is 35.5. The van der Waals surface area contributed by atoms with Crippen LogP contribution in [0.15, 0.2) is 18.2 Å². The molecule has 78 valence electrons. The second-order valence-electron chi connectivity index (χ2n) is 2.95. The van der Waals surface area contributed by atoms with E-state index in [9.17, 15) is 0 Å². The van der Waals surface area contributed by atoms with E-state index in [0.29, 0.717) is 6.54 Å². The Kier molecular flexibility index (Phi) is 3.57. The van der Waals surface area contributed by atoms with Crippen LogP contribution >= 0.6 is 12.4 Å². The van der Waals surface area contributed by atoms with E-state index in [4.69, 9.17) is 20.9 Å². The molecule has 4 nitrogen and oxygen atoms in total. The molecule has 5 heteroatoms. The van der Waals surface area contributed by atoms with Crippen molar-refractivity contribution in [3.63, 3.8) is 0 Å². The third kappa shape index (κ3) is 1.92. The molecule has 1 aliphatic heterocycles. The molecule has 0 saturated heterocycles. The summed E-state index contributed by atoms with van der Waals surface area (Å²) < 4.78 is 10.4. The lowest BCUT2D eigenvalue weighted by molar-refractivity contribution is 0.174. The Bertz CT molecular complexity index is 320. The highest BCUT2D eigenvalue weighted by Crippen LogP contribution is 2.33. The predicted molar refractivity (Wildman–Crippen MR) is 55.8 cm³/mol. The Morgan fingerprint density at radius 3 is 2.71 bits per heavy atom. The quantitative estimate of drug-likeness (QED) is 0.767. The molecule has 2 rings (SSSR count). The molecule has 0 saturated carbocycles. The maximum atomic E-state index is 5.77. The zero-order valence-electron chi connectivity index (χ0n) is 7.60. The van der Waals surface area contributed by atoms with Gasteiger partial charge >= 0.3 is 0 Å². The van der Waals surface area contributed by atoms with Crippen molar-refractivity contribution in [1.29, 1.82) is 0 Å². The highest BCUT2D eigenvalue weighted by Gasteiger charge is 2.14. The minimum Gasteiger partial charge on any atom is -0.454 e. The Labute approximate surface area is 88.6 Å². The standard InChI is InChI=1S/C9H12N2O2.ClH/c10-4-7(11)6-1-2-8-9(3-6)13-5-12-8;/h1-3,7H,4-5,10-11H2;1H/t7-;/m0./s1. The zero-order valence-corrected chi connectivity index (χ0v) is 8.42. The van der Waals surface area contributed by atoms with Gasteiger partial charge in [0.15, 0.2) is 11.5 Å². The van der Waals surface area contributed by atoms with Gasteiger partial charge in [-0.1, -0.05) is 6.07 Å². The van der Waals surface area contributed by atoms with Crippen LogP contribution < -0.4 is 20.9 Å². The normalized spacial score (nSPS) is 14.7. The summed E-state index contributed by atoms with van der Waals surface area (Å²) in [6.07, 6.45) is 0. The van der Waals surface area contributed by atoms with Gasteiger partial charge in [-0.05, 0) is 17.7 Å². The molecular weight excluding hydrogens is 204 g/mol. The summed E-state index contributed by atoms with van der Waals surface area (Å²) in [5, 5.41) is 0. The molecule has 0 aromatic heterocycles. The fourth-order valence-corrected chi connectivity index (χ4v) is 1.28. The van der Waals surface area contributed by atoms with Gasteiger partial charge in [0.05, 0.1) is 0 Å². The first-order chi connectivity index (χ1) is 6.31. The van der Waals surface area contributed by atoms with E-state index in [0.717, 1.165) is 17.1 Å². The van der Waals surface area contributed by atoms with Crippen molar-refractivity contribution >= 4 is 12.4 Å². The van der Waals surface area contributed by atoms with E-state index in [1.165, 1.54) is 0 Å². The summed E-state index contributed by atoms with van der Waals surface area (Å²) in [6, 6.07) is 5.51. The smallest absolute Gasteiger partial charge is 0.231 e. The van der Waals surface area contributed by atoms with Crippen molar-refractivity contribution in [3.05, 3.63) is 23.8 Å². The molecule has 0 bridgehead atoms. The fraction of sp³-hybridized carbons (Fsp3) is 0.333. The summed E-state index contributed by atoms with van der Waals surface area (Å²) in [5.41, 5.74) is 12.2. The SMILES string of the molecule is Cl.NC[C@H](N)c1ccc2c(c1)OCO2. The first kappa shape index (κ1) is 11.1. The maximum absolute atomic E-state index is 5.77. The molecule has 14 heavy (non-hydrogen) atoms. The van der Waals surface area contributed by atoms with Crippen LogP contribution in [0.4, 0.5) is 0 Å². The first-order valence-electron chi connectivity index (χ1n) is 4.16. The number of ether oxygens (including phenoxy) is 2. The number of rotatable bonds is 2. The second kappa shape index (κ2) is 4.50. The lowest BCUT2D eigenvalue weighted by Crippen LogP contribution is -2.20. The van der Waals surface area contributed by atoms with Gasteiger partial charge in [0.1, 0.15) is 0 Å². The molecule has 1 heterocycles. The molecule has 1 aromatic carbocycles. The van der Waals surface area contributed by atoms with Crippen LogP contribution in [-0.4, -0.2) is 13.3 Å². The zero-order chi connectivity index (χ0) is 9.26. The van der Waals surface area contributed by atoms with Crippen LogP contribution in [-0.2, 0) is 0 Å². The Morgan fingerprint density at radius 1 is 1.29 bits per heavy atom. The number of halogens is 1. The molecule has 1 aromatic rings. The molecule has 0 radical (unpaired) electrons. The van der Waals surface area contributed by atoms with Crippen molar-refractivity contribution < 1.29 is 9.47 Å². The monoisotopic (exact) mass is 216 g/mol. The number of hydrogen-bond acceptors (Lipinski definition) is 4. The van der Waals surface area contributed by atoms with E-state index in [-0.39, 0.29) is 25.2 Å². The molecule has 0 spiro atoms. The van der Waals surface area contributed by atoms with Gasteiger partial charge in [-0.25, -0.2) is 0 Å². The molecule has 1 atom stereocenters.